The Morgan fingerprint density at radius 3 is 2.65 bits per heavy atom. The van der Waals surface area contributed by atoms with Crippen molar-refractivity contribution in [3.8, 4) is 5.75 Å². The Balaban J connectivity index is 1.83. The van der Waals surface area contributed by atoms with Crippen LogP contribution in [0.4, 0.5) is 5.69 Å². The number of anilines is 1. The average Bonchev–Trinajstić information content (AvgIpc) is 3.14. The predicted octanol–water partition coefficient (Wildman–Crippen LogP) is 2.68. The molecule has 1 aromatic carbocycles. The summed E-state index contributed by atoms with van der Waals surface area (Å²) in [5.74, 6) is 0.346. The molecule has 0 aliphatic heterocycles. The fourth-order valence-electron chi connectivity index (χ4n) is 2.42. The smallest absolute Gasteiger partial charge is 0.243 e. The van der Waals surface area contributed by atoms with E-state index in [1.807, 2.05) is 18.4 Å². The van der Waals surface area contributed by atoms with Crippen LogP contribution in [0.1, 0.15) is 11.8 Å². The number of carbonyl (C=O) groups excluding carboxylic acids is 2. The number of amides is 2. The van der Waals surface area contributed by atoms with E-state index in [1.54, 1.807) is 49.8 Å². The fourth-order valence-corrected chi connectivity index (χ4v) is 3.17. The SMILES string of the molecule is CCN(CC(=O)N(C)CC(=O)Nc1cccc(OC)c1)Cc1cccs1. The van der Waals surface area contributed by atoms with E-state index >= 15 is 0 Å². The van der Waals surface area contributed by atoms with E-state index in [2.05, 4.69) is 16.3 Å². The van der Waals surface area contributed by atoms with Crippen LogP contribution in [-0.4, -0.2) is 55.4 Å². The van der Waals surface area contributed by atoms with Gasteiger partial charge in [0.1, 0.15) is 5.75 Å². The second-order valence-electron chi connectivity index (χ2n) is 5.91. The molecule has 1 aromatic heterocycles. The Labute approximate surface area is 158 Å². The highest BCUT2D eigenvalue weighted by Gasteiger charge is 2.16. The third-order valence-electron chi connectivity index (χ3n) is 3.93. The van der Waals surface area contributed by atoms with Crippen LogP contribution in [0.15, 0.2) is 41.8 Å². The van der Waals surface area contributed by atoms with E-state index in [4.69, 9.17) is 4.74 Å². The normalized spacial score (nSPS) is 10.6. The second-order valence-corrected chi connectivity index (χ2v) is 6.94. The van der Waals surface area contributed by atoms with E-state index in [9.17, 15) is 9.59 Å². The molecule has 2 rings (SSSR count). The molecule has 26 heavy (non-hydrogen) atoms. The molecule has 7 heteroatoms. The number of rotatable bonds is 9. The van der Waals surface area contributed by atoms with E-state index in [1.165, 1.54) is 9.78 Å². The molecule has 0 aliphatic carbocycles. The van der Waals surface area contributed by atoms with Crippen molar-refractivity contribution in [2.75, 3.05) is 39.1 Å². The number of carbonyl (C=O) groups is 2. The van der Waals surface area contributed by atoms with Crippen LogP contribution in [0.5, 0.6) is 5.75 Å². The van der Waals surface area contributed by atoms with Crippen LogP contribution in [0.2, 0.25) is 0 Å². The minimum absolute atomic E-state index is 0.00655. The number of likely N-dealkylation sites (N-methyl/N-ethyl adjacent to an activating group) is 2. The van der Waals surface area contributed by atoms with Crippen LogP contribution in [0.3, 0.4) is 0 Å². The number of nitrogens with zero attached hydrogens (tertiary/aromatic N) is 2. The zero-order valence-electron chi connectivity index (χ0n) is 15.4. The topological polar surface area (TPSA) is 61.9 Å². The molecule has 0 radical (unpaired) electrons. The third kappa shape index (κ3) is 6.16. The molecule has 0 atom stereocenters. The summed E-state index contributed by atoms with van der Waals surface area (Å²) in [6.45, 7) is 3.83. The molecule has 140 valence electrons. The molecule has 0 saturated heterocycles. The molecule has 0 fully saturated rings. The first kappa shape index (κ1) is 19.9. The third-order valence-corrected chi connectivity index (χ3v) is 4.79. The molecule has 1 heterocycles. The lowest BCUT2D eigenvalue weighted by Gasteiger charge is -2.23. The Morgan fingerprint density at radius 2 is 2.00 bits per heavy atom. The number of ether oxygens (including phenoxy) is 1. The van der Waals surface area contributed by atoms with Gasteiger partial charge in [-0.3, -0.25) is 14.5 Å². The van der Waals surface area contributed by atoms with Gasteiger partial charge in [-0.25, -0.2) is 0 Å². The van der Waals surface area contributed by atoms with Crippen molar-refractivity contribution in [3.63, 3.8) is 0 Å². The lowest BCUT2D eigenvalue weighted by atomic mass is 10.3. The largest absolute Gasteiger partial charge is 0.497 e. The summed E-state index contributed by atoms with van der Waals surface area (Å²) < 4.78 is 5.13. The van der Waals surface area contributed by atoms with Gasteiger partial charge in [-0.05, 0) is 30.1 Å². The van der Waals surface area contributed by atoms with Crippen LogP contribution in [0.25, 0.3) is 0 Å². The van der Waals surface area contributed by atoms with Gasteiger partial charge in [-0.1, -0.05) is 19.1 Å². The quantitative estimate of drug-likeness (QED) is 0.732. The monoisotopic (exact) mass is 375 g/mol. The van der Waals surface area contributed by atoms with Crippen molar-refractivity contribution in [1.29, 1.82) is 0 Å². The van der Waals surface area contributed by atoms with Gasteiger partial charge in [-0.15, -0.1) is 11.3 Å². The van der Waals surface area contributed by atoms with E-state index < -0.39 is 0 Å². The highest BCUT2D eigenvalue weighted by atomic mass is 32.1. The number of nitrogens with one attached hydrogen (secondary N) is 1. The van der Waals surface area contributed by atoms with Gasteiger partial charge < -0.3 is 15.0 Å². The van der Waals surface area contributed by atoms with Crippen molar-refractivity contribution in [3.05, 3.63) is 46.7 Å². The number of hydrogen-bond acceptors (Lipinski definition) is 5. The van der Waals surface area contributed by atoms with Crippen molar-refractivity contribution < 1.29 is 14.3 Å². The second kappa shape index (κ2) is 9.94. The predicted molar refractivity (Wildman–Crippen MR) is 105 cm³/mol. The highest BCUT2D eigenvalue weighted by molar-refractivity contribution is 7.09. The summed E-state index contributed by atoms with van der Waals surface area (Å²) in [6, 6.07) is 11.2. The summed E-state index contributed by atoms with van der Waals surface area (Å²) >= 11 is 1.68. The first-order valence-corrected chi connectivity index (χ1v) is 9.32. The van der Waals surface area contributed by atoms with Gasteiger partial charge in [0.15, 0.2) is 0 Å². The Bertz CT molecular complexity index is 719. The van der Waals surface area contributed by atoms with E-state index in [0.29, 0.717) is 11.4 Å². The van der Waals surface area contributed by atoms with Gasteiger partial charge in [0.05, 0.1) is 20.2 Å². The zero-order valence-corrected chi connectivity index (χ0v) is 16.2. The maximum Gasteiger partial charge on any atom is 0.243 e. The van der Waals surface area contributed by atoms with Crippen molar-refractivity contribution in [2.24, 2.45) is 0 Å². The van der Waals surface area contributed by atoms with Crippen molar-refractivity contribution >= 4 is 28.8 Å². The Morgan fingerprint density at radius 1 is 1.19 bits per heavy atom. The van der Waals surface area contributed by atoms with Crippen LogP contribution in [0, 0.1) is 0 Å². The van der Waals surface area contributed by atoms with E-state index in [-0.39, 0.29) is 24.9 Å². The first-order valence-electron chi connectivity index (χ1n) is 8.44. The summed E-state index contributed by atoms with van der Waals surface area (Å²) in [5.41, 5.74) is 0.642. The molecular formula is C19H25N3O3S. The van der Waals surface area contributed by atoms with Crippen LogP contribution in [-0.2, 0) is 16.1 Å². The average molecular weight is 375 g/mol. The molecule has 0 bridgehead atoms. The molecule has 6 nitrogen and oxygen atoms in total. The number of methoxy groups -OCH3 is 1. The summed E-state index contributed by atoms with van der Waals surface area (Å²) in [7, 11) is 3.22. The molecule has 2 amide bonds. The molecule has 1 N–H and O–H groups in total. The lowest BCUT2D eigenvalue weighted by molar-refractivity contribution is -0.134. The molecule has 0 spiro atoms. The summed E-state index contributed by atoms with van der Waals surface area (Å²) in [6.07, 6.45) is 0. The number of benzene rings is 1. The van der Waals surface area contributed by atoms with Gasteiger partial charge in [0.25, 0.3) is 0 Å². The van der Waals surface area contributed by atoms with Crippen molar-refractivity contribution in [1.82, 2.24) is 9.80 Å². The highest BCUT2D eigenvalue weighted by Crippen LogP contribution is 2.16. The van der Waals surface area contributed by atoms with E-state index in [0.717, 1.165) is 13.1 Å². The van der Waals surface area contributed by atoms with Gasteiger partial charge in [0.2, 0.25) is 11.8 Å². The molecular weight excluding hydrogens is 350 g/mol. The van der Waals surface area contributed by atoms with Gasteiger partial charge >= 0.3 is 0 Å². The fraction of sp³-hybridized carbons (Fsp3) is 0.368. The minimum atomic E-state index is -0.240. The van der Waals surface area contributed by atoms with Gasteiger partial charge in [-0.2, -0.15) is 0 Å². The zero-order chi connectivity index (χ0) is 18.9. The number of thiophene rings is 1. The van der Waals surface area contributed by atoms with Crippen molar-refractivity contribution in [2.45, 2.75) is 13.5 Å². The maximum absolute atomic E-state index is 12.4. The molecule has 2 aromatic rings. The Hall–Kier alpha value is -2.38. The maximum atomic E-state index is 12.4. The number of hydrogen-bond donors (Lipinski definition) is 1. The van der Waals surface area contributed by atoms with Crippen LogP contribution < -0.4 is 10.1 Å². The Kier molecular flexibility index (Phi) is 7.62. The standard InChI is InChI=1S/C19H25N3O3S/c1-4-22(12-17-9-6-10-26-17)14-19(24)21(2)13-18(23)20-15-7-5-8-16(11-15)25-3/h5-11H,4,12-14H2,1-3H3,(H,20,23). The first-order chi connectivity index (χ1) is 12.5. The minimum Gasteiger partial charge on any atom is -0.497 e. The molecule has 0 unspecified atom stereocenters. The molecule has 0 saturated carbocycles. The van der Waals surface area contributed by atoms with Gasteiger partial charge in [0, 0.05) is 30.2 Å². The summed E-state index contributed by atoms with van der Waals surface area (Å²) in [5, 5.41) is 4.81. The lowest BCUT2D eigenvalue weighted by Crippen LogP contribution is -2.41. The molecule has 0 aliphatic rings. The summed E-state index contributed by atoms with van der Waals surface area (Å²) in [4.78, 5) is 29.3. The van der Waals surface area contributed by atoms with Crippen LogP contribution >= 0.6 is 11.3 Å².